The predicted octanol–water partition coefficient (Wildman–Crippen LogP) is 2.28. The quantitative estimate of drug-likeness (QED) is 0.890. The Labute approximate surface area is 116 Å². The van der Waals surface area contributed by atoms with Crippen molar-refractivity contribution in [3.05, 3.63) is 46.8 Å². The van der Waals surface area contributed by atoms with Gasteiger partial charge in [-0.1, -0.05) is 18.2 Å². The molecule has 0 radical (unpaired) electrons. The van der Waals surface area contributed by atoms with E-state index >= 15 is 0 Å². The Kier molecular flexibility index (Phi) is 4.24. The maximum absolute atomic E-state index is 12.0. The highest BCUT2D eigenvalue weighted by atomic mass is 32.2. The Hall–Kier alpha value is -1.37. The molecule has 1 heterocycles. The van der Waals surface area contributed by atoms with Gasteiger partial charge in [-0.25, -0.2) is 13.1 Å². The van der Waals surface area contributed by atoms with Gasteiger partial charge in [-0.2, -0.15) is 0 Å². The van der Waals surface area contributed by atoms with E-state index in [1.807, 2.05) is 13.0 Å². The molecule has 2 rings (SSSR count). The molecule has 6 heteroatoms. The summed E-state index contributed by atoms with van der Waals surface area (Å²) in [7, 11) is -3.44. The summed E-state index contributed by atoms with van der Waals surface area (Å²) in [6.07, 6.45) is 0.455. The van der Waals surface area contributed by atoms with Crippen molar-refractivity contribution in [2.75, 3.05) is 6.54 Å². The fourth-order valence-electron chi connectivity index (χ4n) is 1.67. The first-order valence-electron chi connectivity index (χ1n) is 5.82. The maximum atomic E-state index is 12.0. The monoisotopic (exact) mass is 297 g/mol. The average molecular weight is 297 g/mol. The minimum atomic E-state index is -3.44. The molecule has 102 valence electrons. The standard InChI is InChI=1S/C13H15NO3S2/c1-10-6-7-13(18-10)19(16,17)14-9-8-11-4-2-3-5-12(11)15/h2-7,14-15H,8-9H2,1H3. The van der Waals surface area contributed by atoms with E-state index in [4.69, 9.17) is 0 Å². The highest BCUT2D eigenvalue weighted by Gasteiger charge is 2.15. The number of aryl methyl sites for hydroxylation is 1. The van der Waals surface area contributed by atoms with Crippen LogP contribution >= 0.6 is 11.3 Å². The molecule has 0 bridgehead atoms. The van der Waals surface area contributed by atoms with E-state index in [9.17, 15) is 13.5 Å². The summed E-state index contributed by atoms with van der Waals surface area (Å²) in [6.45, 7) is 2.13. The van der Waals surface area contributed by atoms with E-state index in [-0.39, 0.29) is 12.3 Å². The molecule has 0 saturated carbocycles. The van der Waals surface area contributed by atoms with Crippen LogP contribution in [0.25, 0.3) is 0 Å². The Bertz CT molecular complexity index is 662. The molecule has 1 aromatic carbocycles. The lowest BCUT2D eigenvalue weighted by atomic mass is 10.1. The van der Waals surface area contributed by atoms with Gasteiger partial charge in [0.2, 0.25) is 10.0 Å². The number of hydrogen-bond donors (Lipinski definition) is 2. The van der Waals surface area contributed by atoms with Crippen LogP contribution in [0.5, 0.6) is 5.75 Å². The summed E-state index contributed by atoms with van der Waals surface area (Å²) in [6, 6.07) is 10.3. The molecule has 0 atom stereocenters. The molecular formula is C13H15NO3S2. The van der Waals surface area contributed by atoms with Gasteiger partial charge in [-0.05, 0) is 37.1 Å². The van der Waals surface area contributed by atoms with Crippen molar-refractivity contribution < 1.29 is 13.5 Å². The molecule has 19 heavy (non-hydrogen) atoms. The van der Waals surface area contributed by atoms with Gasteiger partial charge in [0, 0.05) is 11.4 Å². The SMILES string of the molecule is Cc1ccc(S(=O)(=O)NCCc2ccccc2O)s1. The number of nitrogens with one attached hydrogen (secondary N) is 1. The molecule has 0 spiro atoms. The molecule has 0 aliphatic rings. The summed E-state index contributed by atoms with van der Waals surface area (Å²) < 4.78 is 26.8. The van der Waals surface area contributed by atoms with Crippen molar-refractivity contribution in [2.24, 2.45) is 0 Å². The Balaban J connectivity index is 1.98. The van der Waals surface area contributed by atoms with Crippen molar-refractivity contribution in [1.29, 1.82) is 0 Å². The number of phenols is 1. The van der Waals surface area contributed by atoms with E-state index in [1.165, 1.54) is 11.3 Å². The van der Waals surface area contributed by atoms with Crippen LogP contribution in [0, 0.1) is 6.92 Å². The van der Waals surface area contributed by atoms with Crippen LogP contribution in [0.1, 0.15) is 10.4 Å². The zero-order chi connectivity index (χ0) is 13.9. The van der Waals surface area contributed by atoms with Gasteiger partial charge >= 0.3 is 0 Å². The molecule has 0 saturated heterocycles. The van der Waals surface area contributed by atoms with Crippen molar-refractivity contribution in [2.45, 2.75) is 17.6 Å². The van der Waals surface area contributed by atoms with Gasteiger partial charge in [-0.15, -0.1) is 11.3 Å². The normalized spacial score (nSPS) is 11.6. The number of benzene rings is 1. The second-order valence-electron chi connectivity index (χ2n) is 4.14. The number of thiophene rings is 1. The van der Waals surface area contributed by atoms with E-state index < -0.39 is 10.0 Å². The predicted molar refractivity (Wildman–Crippen MR) is 76.1 cm³/mol. The lowest BCUT2D eigenvalue weighted by Crippen LogP contribution is -2.25. The number of hydrogen-bond acceptors (Lipinski definition) is 4. The molecule has 2 aromatic rings. The van der Waals surface area contributed by atoms with Gasteiger partial charge in [0.05, 0.1) is 0 Å². The van der Waals surface area contributed by atoms with E-state index in [1.54, 1.807) is 30.3 Å². The third-order valence-corrected chi connectivity index (χ3v) is 5.61. The van der Waals surface area contributed by atoms with E-state index in [2.05, 4.69) is 4.72 Å². The highest BCUT2D eigenvalue weighted by Crippen LogP contribution is 2.20. The fourth-order valence-corrected chi connectivity index (χ4v) is 4.03. The first kappa shape index (κ1) is 14.0. The smallest absolute Gasteiger partial charge is 0.250 e. The second-order valence-corrected chi connectivity index (χ2v) is 7.42. The number of para-hydroxylation sites is 1. The minimum absolute atomic E-state index is 0.189. The number of sulfonamides is 1. The molecule has 0 unspecified atom stereocenters. The Morgan fingerprint density at radius 3 is 2.58 bits per heavy atom. The summed E-state index contributed by atoms with van der Waals surface area (Å²) in [5.41, 5.74) is 0.729. The maximum Gasteiger partial charge on any atom is 0.250 e. The first-order valence-corrected chi connectivity index (χ1v) is 8.12. The first-order chi connectivity index (χ1) is 8.99. The third-order valence-electron chi connectivity index (χ3n) is 2.66. The lowest BCUT2D eigenvalue weighted by molar-refractivity contribution is 0.467. The molecule has 0 amide bonds. The zero-order valence-corrected chi connectivity index (χ0v) is 12.1. The zero-order valence-electron chi connectivity index (χ0n) is 10.5. The van der Waals surface area contributed by atoms with Gasteiger partial charge < -0.3 is 5.11 Å². The van der Waals surface area contributed by atoms with Crippen LogP contribution in [0.4, 0.5) is 0 Å². The second kappa shape index (κ2) is 5.73. The number of rotatable bonds is 5. The van der Waals surface area contributed by atoms with Crippen LogP contribution < -0.4 is 4.72 Å². The summed E-state index contributed by atoms with van der Waals surface area (Å²) in [5, 5.41) is 9.59. The lowest BCUT2D eigenvalue weighted by Gasteiger charge is -2.06. The van der Waals surface area contributed by atoms with Gasteiger partial charge in [0.15, 0.2) is 0 Å². The van der Waals surface area contributed by atoms with Gasteiger partial charge in [-0.3, -0.25) is 0 Å². The topological polar surface area (TPSA) is 66.4 Å². The van der Waals surface area contributed by atoms with Crippen LogP contribution in [-0.4, -0.2) is 20.1 Å². The van der Waals surface area contributed by atoms with Crippen LogP contribution in [0.3, 0.4) is 0 Å². The third kappa shape index (κ3) is 3.56. The summed E-state index contributed by atoms with van der Waals surface area (Å²) in [5.74, 6) is 0.189. The minimum Gasteiger partial charge on any atom is -0.508 e. The van der Waals surface area contributed by atoms with Crippen LogP contribution in [0.2, 0.25) is 0 Å². The van der Waals surface area contributed by atoms with Crippen molar-refractivity contribution in [3.63, 3.8) is 0 Å². The van der Waals surface area contributed by atoms with Crippen molar-refractivity contribution in [3.8, 4) is 5.75 Å². The largest absolute Gasteiger partial charge is 0.508 e. The number of phenolic OH excluding ortho intramolecular Hbond substituents is 1. The van der Waals surface area contributed by atoms with Crippen LogP contribution in [0.15, 0.2) is 40.6 Å². The average Bonchev–Trinajstić information content (AvgIpc) is 2.79. The van der Waals surface area contributed by atoms with Gasteiger partial charge in [0.1, 0.15) is 9.96 Å². The summed E-state index contributed by atoms with van der Waals surface area (Å²) >= 11 is 1.24. The van der Waals surface area contributed by atoms with Crippen LogP contribution in [-0.2, 0) is 16.4 Å². The van der Waals surface area contributed by atoms with E-state index in [0.717, 1.165) is 10.4 Å². The van der Waals surface area contributed by atoms with E-state index in [0.29, 0.717) is 10.6 Å². The molecule has 0 fully saturated rings. The van der Waals surface area contributed by atoms with Crippen molar-refractivity contribution in [1.82, 2.24) is 4.72 Å². The molecule has 0 aliphatic heterocycles. The number of aromatic hydroxyl groups is 1. The van der Waals surface area contributed by atoms with Crippen molar-refractivity contribution >= 4 is 21.4 Å². The molecular weight excluding hydrogens is 282 g/mol. The highest BCUT2D eigenvalue weighted by molar-refractivity contribution is 7.91. The Morgan fingerprint density at radius 2 is 1.95 bits per heavy atom. The molecule has 2 N–H and O–H groups in total. The molecule has 1 aromatic heterocycles. The molecule has 4 nitrogen and oxygen atoms in total. The van der Waals surface area contributed by atoms with Gasteiger partial charge in [0.25, 0.3) is 0 Å². The molecule has 0 aliphatic carbocycles. The fraction of sp³-hybridized carbons (Fsp3) is 0.231. The Morgan fingerprint density at radius 1 is 1.21 bits per heavy atom. The summed E-state index contributed by atoms with van der Waals surface area (Å²) in [4.78, 5) is 0.959.